The lowest BCUT2D eigenvalue weighted by Crippen LogP contribution is -2.56. The third-order valence-electron chi connectivity index (χ3n) is 7.12. The molecule has 1 aliphatic rings. The number of unbranched alkanes of at least 4 members (excludes halogenated alkanes) is 5. The van der Waals surface area contributed by atoms with Crippen molar-refractivity contribution in [2.75, 3.05) is 6.61 Å². The highest BCUT2D eigenvalue weighted by molar-refractivity contribution is 5.82. The van der Waals surface area contributed by atoms with Crippen molar-refractivity contribution in [3.05, 3.63) is 48.9 Å². The summed E-state index contributed by atoms with van der Waals surface area (Å²) >= 11 is 0. The van der Waals surface area contributed by atoms with E-state index in [1.807, 2.05) is 6.20 Å². The molecule has 0 unspecified atom stereocenters. The molecule has 0 bridgehead atoms. The Morgan fingerprint density at radius 3 is 1.72 bits per heavy atom. The Bertz CT molecular complexity index is 1400. The van der Waals surface area contributed by atoms with E-state index in [1.165, 1.54) is 18.8 Å². The van der Waals surface area contributed by atoms with Crippen LogP contribution in [-0.4, -0.2) is 91.8 Å². The van der Waals surface area contributed by atoms with Crippen molar-refractivity contribution >= 4 is 23.9 Å². The normalized spacial score (nSPS) is 19.7. The fourth-order valence-electron chi connectivity index (χ4n) is 5.03. The van der Waals surface area contributed by atoms with Crippen molar-refractivity contribution in [2.24, 2.45) is 0 Å². The smallest absolute Gasteiger partial charge is 0.334 e. The van der Waals surface area contributed by atoms with Crippen LogP contribution in [0, 0.1) is 0 Å². The molecule has 1 fully saturated rings. The summed E-state index contributed by atoms with van der Waals surface area (Å²) in [5, 5.41) is 17.4. The van der Waals surface area contributed by atoms with Gasteiger partial charge in [-0.1, -0.05) is 30.9 Å². The third kappa shape index (κ3) is 20.4. The molecule has 0 spiro atoms. The van der Waals surface area contributed by atoms with Crippen LogP contribution in [0.2, 0.25) is 0 Å². The number of hydrogen-bond acceptors (Lipinski definition) is 13. The van der Waals surface area contributed by atoms with Crippen molar-refractivity contribution in [3.63, 3.8) is 0 Å². The van der Waals surface area contributed by atoms with E-state index >= 15 is 0 Å². The quantitative estimate of drug-likeness (QED) is 0.0558. The van der Waals surface area contributed by atoms with Crippen molar-refractivity contribution in [3.8, 4) is 0 Å². The first-order valence-electron chi connectivity index (χ1n) is 18.1. The molecule has 1 N–H and O–H groups in total. The SMILES string of the molecule is CC(C)(C)OC(=O)/C=C/O[C@H]1[C@H](O/C=C/C(=O)OC(C)(C)C)[C@@H](Cn2cc(CCCCCCCCC(=O)O)nn2)OC[C@@H]1O/C=C/C(=O)OC(C)(C)C. The Morgan fingerprint density at radius 1 is 0.736 bits per heavy atom. The second-order valence-corrected chi connectivity index (χ2v) is 15.7. The van der Waals surface area contributed by atoms with Crippen LogP contribution in [0.25, 0.3) is 0 Å². The van der Waals surface area contributed by atoms with Gasteiger partial charge in [-0.25, -0.2) is 19.1 Å². The molecule has 4 atom stereocenters. The van der Waals surface area contributed by atoms with E-state index in [-0.39, 0.29) is 19.6 Å². The molecule has 0 aromatic carbocycles. The summed E-state index contributed by atoms with van der Waals surface area (Å²) in [6.45, 7) is 15.9. The molecule has 53 heavy (non-hydrogen) atoms. The zero-order valence-corrected chi connectivity index (χ0v) is 32.7. The maximum Gasteiger partial charge on any atom is 0.334 e. The number of ether oxygens (including phenoxy) is 7. The summed E-state index contributed by atoms with van der Waals surface area (Å²) in [5.41, 5.74) is -1.34. The number of carbonyl (C=O) groups is 4. The summed E-state index contributed by atoms with van der Waals surface area (Å²) in [4.78, 5) is 47.9. The van der Waals surface area contributed by atoms with Crippen LogP contribution in [0.1, 0.15) is 113 Å². The molecule has 1 saturated heterocycles. The fraction of sp³-hybridized carbons (Fsp3) is 0.684. The minimum Gasteiger partial charge on any atom is -0.491 e. The number of carboxylic acid groups (broad SMARTS) is 1. The first-order chi connectivity index (χ1) is 24.7. The van der Waals surface area contributed by atoms with E-state index in [0.717, 1.165) is 62.4 Å². The van der Waals surface area contributed by atoms with Crippen LogP contribution in [-0.2, 0) is 65.3 Å². The number of nitrogens with zero attached hydrogens (tertiary/aromatic N) is 3. The number of esters is 3. The van der Waals surface area contributed by atoms with Crippen LogP contribution in [0.15, 0.2) is 43.2 Å². The first-order valence-corrected chi connectivity index (χ1v) is 18.1. The molecule has 0 amide bonds. The van der Waals surface area contributed by atoms with Gasteiger partial charge in [0.1, 0.15) is 22.9 Å². The van der Waals surface area contributed by atoms with Gasteiger partial charge in [-0.15, -0.1) is 5.10 Å². The number of rotatable bonds is 20. The van der Waals surface area contributed by atoms with Crippen molar-refractivity contribution < 1.29 is 57.4 Å². The molecule has 1 aromatic rings. The standard InChI is InChI=1S/C38H59N3O12/c1-36(2,3)51-31(44)18-21-47-29-26-50-28(25-41-24-27(39-40-41)16-14-12-10-11-13-15-17-30(42)43)34(48-22-19-32(45)52-37(4,5)6)35(29)49-23-20-33(46)53-38(7,8)9/h18-24,28-29,34-35H,10-17,25-26H2,1-9H3,(H,42,43)/b21-18+,22-19+,23-20+/t28-,29+,34-,35-/m1/s1. The average molecular weight is 750 g/mol. The van der Waals surface area contributed by atoms with Gasteiger partial charge in [0.25, 0.3) is 0 Å². The average Bonchev–Trinajstić information content (AvgIpc) is 3.44. The number of carbonyl (C=O) groups excluding carboxylic acids is 3. The van der Waals surface area contributed by atoms with Gasteiger partial charge in [-0.3, -0.25) is 4.79 Å². The van der Waals surface area contributed by atoms with Gasteiger partial charge < -0.3 is 38.3 Å². The Labute approximate surface area is 313 Å². The van der Waals surface area contributed by atoms with Crippen molar-refractivity contribution in [1.29, 1.82) is 0 Å². The van der Waals surface area contributed by atoms with E-state index < -0.39 is 65.1 Å². The van der Waals surface area contributed by atoms with Gasteiger partial charge in [0, 0.05) is 12.6 Å². The Balaban J connectivity index is 2.25. The lowest BCUT2D eigenvalue weighted by atomic mass is 9.99. The van der Waals surface area contributed by atoms with Gasteiger partial charge in [0.05, 0.1) is 55.9 Å². The number of aryl methyl sites for hydroxylation is 1. The van der Waals surface area contributed by atoms with Crippen LogP contribution in [0.3, 0.4) is 0 Å². The van der Waals surface area contributed by atoms with Crippen LogP contribution in [0.5, 0.6) is 0 Å². The molecule has 0 aliphatic carbocycles. The van der Waals surface area contributed by atoms with Crippen LogP contribution < -0.4 is 0 Å². The van der Waals surface area contributed by atoms with Crippen LogP contribution >= 0.6 is 0 Å². The van der Waals surface area contributed by atoms with E-state index in [9.17, 15) is 19.2 Å². The summed E-state index contributed by atoms with van der Waals surface area (Å²) < 4.78 is 41.9. The van der Waals surface area contributed by atoms with Gasteiger partial charge >= 0.3 is 23.9 Å². The lowest BCUT2D eigenvalue weighted by Gasteiger charge is -2.40. The minimum absolute atomic E-state index is 0.00206. The van der Waals surface area contributed by atoms with Gasteiger partial charge in [-0.05, 0) is 81.6 Å². The molecule has 2 heterocycles. The largest absolute Gasteiger partial charge is 0.491 e. The van der Waals surface area contributed by atoms with Crippen LogP contribution in [0.4, 0.5) is 0 Å². The second kappa shape index (κ2) is 21.3. The fourth-order valence-corrected chi connectivity index (χ4v) is 5.03. The van der Waals surface area contributed by atoms with E-state index in [1.54, 1.807) is 67.0 Å². The zero-order valence-electron chi connectivity index (χ0n) is 32.7. The predicted octanol–water partition coefficient (Wildman–Crippen LogP) is 5.76. The zero-order chi connectivity index (χ0) is 39.7. The van der Waals surface area contributed by atoms with Crippen molar-refractivity contribution in [2.45, 2.75) is 161 Å². The topological polar surface area (TPSA) is 184 Å². The summed E-state index contributed by atoms with van der Waals surface area (Å²) in [7, 11) is 0. The highest BCUT2D eigenvalue weighted by Crippen LogP contribution is 2.26. The molecule has 0 radical (unpaired) electrons. The van der Waals surface area contributed by atoms with Gasteiger partial charge in [0.15, 0.2) is 18.3 Å². The molecule has 1 aliphatic heterocycles. The van der Waals surface area contributed by atoms with E-state index in [2.05, 4.69) is 10.3 Å². The molecule has 15 nitrogen and oxygen atoms in total. The second-order valence-electron chi connectivity index (χ2n) is 15.7. The molecule has 15 heteroatoms. The van der Waals surface area contributed by atoms with E-state index in [4.69, 9.17) is 38.3 Å². The van der Waals surface area contributed by atoms with Gasteiger partial charge in [0.2, 0.25) is 0 Å². The maximum atomic E-state index is 12.4. The maximum absolute atomic E-state index is 12.4. The van der Waals surface area contributed by atoms with Gasteiger partial charge in [-0.2, -0.15) is 0 Å². The third-order valence-corrected chi connectivity index (χ3v) is 7.12. The highest BCUT2D eigenvalue weighted by atomic mass is 16.6. The Morgan fingerprint density at radius 2 is 1.21 bits per heavy atom. The lowest BCUT2D eigenvalue weighted by molar-refractivity contribution is -0.196. The number of carboxylic acids is 1. The minimum atomic E-state index is -0.933. The first kappa shape index (κ1) is 44.8. The van der Waals surface area contributed by atoms with Crippen molar-refractivity contribution in [1.82, 2.24) is 15.0 Å². The summed E-state index contributed by atoms with van der Waals surface area (Å²) in [5.74, 6) is -2.62. The Kier molecular flexibility index (Phi) is 18.0. The molecule has 0 saturated carbocycles. The molecular formula is C38H59N3O12. The molecule has 2 rings (SSSR count). The number of hydrogen-bond donors (Lipinski definition) is 1. The number of aliphatic carboxylic acids is 1. The molecule has 1 aromatic heterocycles. The predicted molar refractivity (Wildman–Crippen MR) is 193 cm³/mol. The molecular weight excluding hydrogens is 690 g/mol. The summed E-state index contributed by atoms with van der Waals surface area (Å²) in [6.07, 6.45) is 11.8. The summed E-state index contributed by atoms with van der Waals surface area (Å²) in [6, 6.07) is 0. The van der Waals surface area contributed by atoms with E-state index in [0.29, 0.717) is 6.42 Å². The highest BCUT2D eigenvalue weighted by Gasteiger charge is 2.44. The Hall–Kier alpha value is -4.40. The monoisotopic (exact) mass is 749 g/mol. The molecule has 298 valence electrons. The number of aromatic nitrogens is 3.